The molecule has 0 atom stereocenters. The lowest BCUT2D eigenvalue weighted by Gasteiger charge is -2.13. The molecule has 0 bridgehead atoms. The minimum absolute atomic E-state index is 0. The Bertz CT molecular complexity index is 719. The van der Waals surface area contributed by atoms with Gasteiger partial charge in [-0.25, -0.2) is 4.99 Å². The first-order chi connectivity index (χ1) is 11.9. The van der Waals surface area contributed by atoms with Gasteiger partial charge in [-0.15, -0.1) is 47.3 Å². The Balaban J connectivity index is 0.00000338. The van der Waals surface area contributed by atoms with Gasteiger partial charge in [-0.1, -0.05) is 18.2 Å². The predicted molar refractivity (Wildman–Crippen MR) is 101 cm³/mol. The molecule has 1 heterocycles. The van der Waals surface area contributed by atoms with E-state index in [9.17, 15) is 13.2 Å². The summed E-state index contributed by atoms with van der Waals surface area (Å²) in [6.07, 6.45) is -3.17. The lowest BCUT2D eigenvalue weighted by atomic mass is 10.2. The second-order valence-electron chi connectivity index (χ2n) is 5.06. The summed E-state index contributed by atoms with van der Waals surface area (Å²) in [5.41, 5.74) is 0.329. The van der Waals surface area contributed by atoms with Gasteiger partial charge in [-0.05, 0) is 13.0 Å². The number of hydrogen-bond acceptors (Lipinski definition) is 4. The fourth-order valence-electron chi connectivity index (χ4n) is 1.99. The van der Waals surface area contributed by atoms with Crippen LogP contribution in [0, 0.1) is 0 Å². The number of nitrogens with one attached hydrogen (secondary N) is 2. The van der Waals surface area contributed by atoms with E-state index in [1.54, 1.807) is 17.0 Å². The molecule has 2 N–H and O–H groups in total. The van der Waals surface area contributed by atoms with Crippen molar-refractivity contribution in [3.8, 4) is 5.75 Å². The highest BCUT2D eigenvalue weighted by Crippen LogP contribution is 2.26. The van der Waals surface area contributed by atoms with Gasteiger partial charge < -0.3 is 19.9 Å². The number of para-hydroxylation sites is 1. The van der Waals surface area contributed by atoms with Gasteiger partial charge in [0.15, 0.2) is 11.8 Å². The number of aryl methyl sites for hydroxylation is 1. The first-order valence-electron chi connectivity index (χ1n) is 7.57. The molecule has 0 aliphatic carbocycles. The maximum Gasteiger partial charge on any atom is 0.573 e. The van der Waals surface area contributed by atoms with Crippen molar-refractivity contribution in [3.63, 3.8) is 0 Å². The maximum absolute atomic E-state index is 12.5. The zero-order valence-electron chi connectivity index (χ0n) is 14.2. The first-order valence-corrected chi connectivity index (χ1v) is 7.57. The number of aromatic nitrogens is 3. The third-order valence-electron chi connectivity index (χ3n) is 3.17. The van der Waals surface area contributed by atoms with E-state index in [1.807, 2.05) is 14.0 Å². The molecular formula is C15H20F3IN6O. The fourth-order valence-corrected chi connectivity index (χ4v) is 1.99. The molecular weight excluding hydrogens is 464 g/mol. The molecule has 11 heteroatoms. The summed E-state index contributed by atoms with van der Waals surface area (Å²) in [5.74, 6) is 0.890. The van der Waals surface area contributed by atoms with Gasteiger partial charge in [0.1, 0.15) is 12.1 Å². The van der Waals surface area contributed by atoms with E-state index in [1.165, 1.54) is 18.2 Å². The number of aliphatic imine (C=N–C) groups is 1. The number of nitrogens with zero attached hydrogens (tertiary/aromatic N) is 4. The van der Waals surface area contributed by atoms with Crippen LogP contribution in [-0.2, 0) is 20.1 Å². The lowest BCUT2D eigenvalue weighted by Crippen LogP contribution is -2.37. The Morgan fingerprint density at radius 1 is 1.27 bits per heavy atom. The molecule has 0 fully saturated rings. The molecule has 0 unspecified atom stereocenters. The average molecular weight is 484 g/mol. The van der Waals surface area contributed by atoms with Crippen LogP contribution in [0.4, 0.5) is 13.2 Å². The van der Waals surface area contributed by atoms with Crippen molar-refractivity contribution in [2.24, 2.45) is 12.0 Å². The molecule has 7 nitrogen and oxygen atoms in total. The van der Waals surface area contributed by atoms with Gasteiger partial charge >= 0.3 is 6.36 Å². The molecule has 1 aromatic carbocycles. The second-order valence-corrected chi connectivity index (χ2v) is 5.06. The Kier molecular flexibility index (Phi) is 8.61. The van der Waals surface area contributed by atoms with Crippen LogP contribution in [0.3, 0.4) is 0 Å². The molecule has 0 spiro atoms. The summed E-state index contributed by atoms with van der Waals surface area (Å²) in [6.45, 7) is 2.90. The van der Waals surface area contributed by atoms with Crippen molar-refractivity contribution in [2.45, 2.75) is 26.4 Å². The summed E-state index contributed by atoms with van der Waals surface area (Å²) < 4.78 is 43.2. The molecule has 0 saturated heterocycles. The van der Waals surface area contributed by atoms with Gasteiger partial charge in [0.2, 0.25) is 0 Å². The highest BCUT2D eigenvalue weighted by Gasteiger charge is 2.31. The fraction of sp³-hybridized carbons (Fsp3) is 0.400. The van der Waals surface area contributed by atoms with Crippen molar-refractivity contribution in [1.82, 2.24) is 25.4 Å². The SMILES string of the molecule is CCNC(=NCc1ccccc1OC(F)(F)F)NCc1nncn1C.I. The minimum Gasteiger partial charge on any atom is -0.405 e. The Labute approximate surface area is 166 Å². The largest absolute Gasteiger partial charge is 0.573 e. The quantitative estimate of drug-likeness (QED) is 0.375. The van der Waals surface area contributed by atoms with Crippen LogP contribution < -0.4 is 15.4 Å². The van der Waals surface area contributed by atoms with Crippen molar-refractivity contribution in [2.75, 3.05) is 6.54 Å². The van der Waals surface area contributed by atoms with Gasteiger partial charge in [0.25, 0.3) is 0 Å². The third kappa shape index (κ3) is 7.06. The number of hydrogen-bond donors (Lipinski definition) is 2. The van der Waals surface area contributed by atoms with Crippen LogP contribution in [-0.4, -0.2) is 33.6 Å². The van der Waals surface area contributed by atoms with Gasteiger partial charge in [0, 0.05) is 19.2 Å². The van der Waals surface area contributed by atoms with Crippen molar-refractivity contribution in [3.05, 3.63) is 42.0 Å². The van der Waals surface area contributed by atoms with Crippen molar-refractivity contribution < 1.29 is 17.9 Å². The lowest BCUT2D eigenvalue weighted by molar-refractivity contribution is -0.274. The first kappa shape index (κ1) is 22.0. The topological polar surface area (TPSA) is 76.4 Å². The maximum atomic E-state index is 12.5. The van der Waals surface area contributed by atoms with E-state index in [0.717, 1.165) is 0 Å². The smallest absolute Gasteiger partial charge is 0.405 e. The summed E-state index contributed by atoms with van der Waals surface area (Å²) >= 11 is 0. The number of halogens is 4. The van der Waals surface area contributed by atoms with Gasteiger partial charge in [-0.3, -0.25) is 0 Å². The molecule has 144 valence electrons. The van der Waals surface area contributed by atoms with Crippen LogP contribution in [0.5, 0.6) is 5.75 Å². The standard InChI is InChI=1S/C15H19F3N6O.HI/c1-3-19-14(21-9-13-23-22-10-24(13)2)20-8-11-6-4-5-7-12(11)25-15(16,17)18;/h4-7,10H,3,8-9H2,1-2H3,(H2,19,20,21);1H. The van der Waals surface area contributed by atoms with Gasteiger partial charge in [-0.2, -0.15) is 0 Å². The Morgan fingerprint density at radius 3 is 2.62 bits per heavy atom. The third-order valence-corrected chi connectivity index (χ3v) is 3.17. The molecule has 0 radical (unpaired) electrons. The predicted octanol–water partition coefficient (Wildman–Crippen LogP) is 2.59. The second kappa shape index (κ2) is 10.2. The number of benzene rings is 1. The minimum atomic E-state index is -4.74. The number of rotatable bonds is 6. The Morgan fingerprint density at radius 2 is 2.00 bits per heavy atom. The summed E-state index contributed by atoms with van der Waals surface area (Å²) in [5, 5.41) is 13.8. The summed E-state index contributed by atoms with van der Waals surface area (Å²) in [4.78, 5) is 4.29. The summed E-state index contributed by atoms with van der Waals surface area (Å²) in [6, 6.07) is 5.91. The highest BCUT2D eigenvalue weighted by molar-refractivity contribution is 14.0. The molecule has 0 saturated carbocycles. The normalized spacial score (nSPS) is 11.7. The van der Waals surface area contributed by atoms with Crippen LogP contribution in [0.25, 0.3) is 0 Å². The van der Waals surface area contributed by atoms with E-state index >= 15 is 0 Å². The zero-order valence-corrected chi connectivity index (χ0v) is 16.6. The molecule has 2 rings (SSSR count). The highest BCUT2D eigenvalue weighted by atomic mass is 127. The molecule has 1 aromatic heterocycles. The number of alkyl halides is 3. The number of guanidine groups is 1. The Hall–Kier alpha value is -2.05. The van der Waals surface area contributed by atoms with E-state index in [2.05, 4.69) is 30.6 Å². The van der Waals surface area contributed by atoms with E-state index in [0.29, 0.717) is 30.4 Å². The van der Waals surface area contributed by atoms with Crippen molar-refractivity contribution >= 4 is 29.9 Å². The average Bonchev–Trinajstić information content (AvgIpc) is 2.95. The van der Waals surface area contributed by atoms with Crippen molar-refractivity contribution in [1.29, 1.82) is 0 Å². The van der Waals surface area contributed by atoms with Crippen LogP contribution in [0.1, 0.15) is 18.3 Å². The van der Waals surface area contributed by atoms with Gasteiger partial charge in [0.05, 0.1) is 13.1 Å². The van der Waals surface area contributed by atoms with E-state index in [4.69, 9.17) is 0 Å². The monoisotopic (exact) mass is 484 g/mol. The molecule has 0 aliphatic heterocycles. The van der Waals surface area contributed by atoms with Crippen LogP contribution in [0.2, 0.25) is 0 Å². The van der Waals surface area contributed by atoms with E-state index in [-0.39, 0.29) is 36.3 Å². The summed E-state index contributed by atoms with van der Waals surface area (Å²) in [7, 11) is 1.81. The zero-order chi connectivity index (χ0) is 18.3. The molecule has 26 heavy (non-hydrogen) atoms. The number of ether oxygens (including phenoxy) is 1. The van der Waals surface area contributed by atoms with Crippen LogP contribution in [0.15, 0.2) is 35.6 Å². The molecule has 0 aliphatic rings. The molecule has 2 aromatic rings. The van der Waals surface area contributed by atoms with E-state index < -0.39 is 6.36 Å². The molecule has 0 amide bonds. The van der Waals surface area contributed by atoms with Crippen LogP contribution >= 0.6 is 24.0 Å².